The van der Waals surface area contributed by atoms with Crippen molar-refractivity contribution >= 4 is 34.5 Å². The first kappa shape index (κ1) is 17.2. The van der Waals surface area contributed by atoms with Gasteiger partial charge in [-0.25, -0.2) is 4.99 Å². The van der Waals surface area contributed by atoms with Crippen molar-refractivity contribution in [2.75, 3.05) is 10.2 Å². The van der Waals surface area contributed by atoms with Gasteiger partial charge in [-0.2, -0.15) is 0 Å². The third-order valence-corrected chi connectivity index (χ3v) is 5.86. The van der Waals surface area contributed by atoms with Gasteiger partial charge in [-0.15, -0.1) is 0 Å². The van der Waals surface area contributed by atoms with Crippen molar-refractivity contribution in [3.63, 3.8) is 0 Å². The molecular formula is C22H25N3S. The van der Waals surface area contributed by atoms with Crippen LogP contribution in [0.5, 0.6) is 0 Å². The SMILES string of the molecule is Cc1cccc(NC2=NC(=S)N(c3ccccc3C)C23CCCCC3)c1. The lowest BCUT2D eigenvalue weighted by molar-refractivity contribution is 0.386. The molecule has 0 saturated heterocycles. The van der Waals surface area contributed by atoms with E-state index in [0.29, 0.717) is 5.11 Å². The number of para-hydroxylation sites is 1. The Morgan fingerprint density at radius 3 is 2.50 bits per heavy atom. The van der Waals surface area contributed by atoms with Gasteiger partial charge in [0.25, 0.3) is 0 Å². The molecule has 0 aromatic heterocycles. The van der Waals surface area contributed by atoms with Crippen LogP contribution >= 0.6 is 12.2 Å². The number of hydrogen-bond donors (Lipinski definition) is 1. The first-order valence-corrected chi connectivity index (χ1v) is 9.84. The van der Waals surface area contributed by atoms with Crippen LogP contribution in [-0.4, -0.2) is 16.5 Å². The van der Waals surface area contributed by atoms with Gasteiger partial charge in [0, 0.05) is 11.4 Å². The van der Waals surface area contributed by atoms with Crippen LogP contribution < -0.4 is 10.2 Å². The van der Waals surface area contributed by atoms with Crippen molar-refractivity contribution in [2.24, 2.45) is 4.99 Å². The first-order valence-electron chi connectivity index (χ1n) is 9.43. The van der Waals surface area contributed by atoms with Crippen molar-refractivity contribution in [3.8, 4) is 0 Å². The third kappa shape index (κ3) is 2.92. The Balaban J connectivity index is 1.76. The molecule has 1 aliphatic heterocycles. The number of anilines is 2. The zero-order valence-electron chi connectivity index (χ0n) is 15.5. The summed E-state index contributed by atoms with van der Waals surface area (Å²) < 4.78 is 0. The van der Waals surface area contributed by atoms with Crippen molar-refractivity contribution in [1.82, 2.24) is 0 Å². The minimum Gasteiger partial charge on any atom is -0.342 e. The minimum atomic E-state index is -0.148. The van der Waals surface area contributed by atoms with Gasteiger partial charge >= 0.3 is 0 Å². The molecule has 26 heavy (non-hydrogen) atoms. The molecule has 2 aromatic rings. The molecule has 1 N–H and O–H groups in total. The average molecular weight is 364 g/mol. The molecule has 1 spiro atoms. The minimum absolute atomic E-state index is 0.148. The normalized spacial score (nSPS) is 18.9. The Bertz CT molecular complexity index is 865. The molecule has 0 amide bonds. The average Bonchev–Trinajstić information content (AvgIpc) is 2.87. The molecule has 1 fully saturated rings. The highest BCUT2D eigenvalue weighted by Gasteiger charge is 2.49. The van der Waals surface area contributed by atoms with Crippen LogP contribution in [0.2, 0.25) is 0 Å². The topological polar surface area (TPSA) is 27.6 Å². The summed E-state index contributed by atoms with van der Waals surface area (Å²) in [5.41, 5.74) is 4.61. The summed E-state index contributed by atoms with van der Waals surface area (Å²) >= 11 is 5.75. The maximum absolute atomic E-state index is 5.75. The zero-order chi connectivity index (χ0) is 18.1. The molecule has 0 bridgehead atoms. The predicted molar refractivity (Wildman–Crippen MR) is 114 cm³/mol. The van der Waals surface area contributed by atoms with Crippen LogP contribution in [0.25, 0.3) is 0 Å². The highest BCUT2D eigenvalue weighted by molar-refractivity contribution is 7.80. The number of nitrogens with zero attached hydrogens (tertiary/aromatic N) is 2. The molecule has 0 unspecified atom stereocenters. The van der Waals surface area contributed by atoms with E-state index in [1.54, 1.807) is 0 Å². The van der Waals surface area contributed by atoms with Crippen LogP contribution in [-0.2, 0) is 0 Å². The third-order valence-electron chi connectivity index (χ3n) is 5.59. The second kappa shape index (κ2) is 6.84. The van der Waals surface area contributed by atoms with Gasteiger partial charge in [-0.1, -0.05) is 49.6 Å². The highest BCUT2D eigenvalue weighted by Crippen LogP contribution is 2.43. The quantitative estimate of drug-likeness (QED) is 0.702. The highest BCUT2D eigenvalue weighted by atomic mass is 32.1. The van der Waals surface area contributed by atoms with Crippen molar-refractivity contribution < 1.29 is 0 Å². The zero-order valence-corrected chi connectivity index (χ0v) is 16.3. The molecule has 3 nitrogen and oxygen atoms in total. The van der Waals surface area contributed by atoms with E-state index < -0.39 is 0 Å². The molecule has 2 aliphatic rings. The number of benzene rings is 2. The van der Waals surface area contributed by atoms with Gasteiger partial charge in [-0.05, 0) is 68.2 Å². The van der Waals surface area contributed by atoms with Gasteiger partial charge in [-0.3, -0.25) is 0 Å². The van der Waals surface area contributed by atoms with Crippen molar-refractivity contribution in [1.29, 1.82) is 0 Å². The lowest BCUT2D eigenvalue weighted by Crippen LogP contribution is -2.55. The number of hydrogen-bond acceptors (Lipinski definition) is 2. The van der Waals surface area contributed by atoms with Crippen LogP contribution in [0.4, 0.5) is 11.4 Å². The summed E-state index contributed by atoms with van der Waals surface area (Å²) in [6, 6.07) is 17.0. The largest absolute Gasteiger partial charge is 0.342 e. The van der Waals surface area contributed by atoms with Crippen molar-refractivity contribution in [3.05, 3.63) is 59.7 Å². The van der Waals surface area contributed by atoms with Gasteiger partial charge in [0.15, 0.2) is 0 Å². The van der Waals surface area contributed by atoms with Gasteiger partial charge in [0.1, 0.15) is 11.4 Å². The first-order chi connectivity index (χ1) is 12.6. The maximum Gasteiger partial charge on any atom is 0.202 e. The van der Waals surface area contributed by atoms with E-state index in [9.17, 15) is 0 Å². The second-order valence-electron chi connectivity index (χ2n) is 7.45. The number of nitrogens with one attached hydrogen (secondary N) is 1. The predicted octanol–water partition coefficient (Wildman–Crippen LogP) is 5.62. The molecule has 1 saturated carbocycles. The molecule has 0 atom stereocenters. The van der Waals surface area contributed by atoms with Gasteiger partial charge in [0.2, 0.25) is 5.11 Å². The monoisotopic (exact) mass is 363 g/mol. The van der Waals surface area contributed by atoms with Crippen molar-refractivity contribution in [2.45, 2.75) is 51.5 Å². The van der Waals surface area contributed by atoms with Gasteiger partial charge in [0.05, 0.1) is 0 Å². The van der Waals surface area contributed by atoms with E-state index in [1.165, 1.54) is 36.1 Å². The van der Waals surface area contributed by atoms with E-state index in [2.05, 4.69) is 72.6 Å². The Kier molecular flexibility index (Phi) is 4.53. The Morgan fingerprint density at radius 1 is 1.00 bits per heavy atom. The number of rotatable bonds is 2. The summed E-state index contributed by atoms with van der Waals surface area (Å²) in [5.74, 6) is 1.01. The van der Waals surface area contributed by atoms with Crippen LogP contribution in [0.3, 0.4) is 0 Å². The fourth-order valence-electron chi connectivity index (χ4n) is 4.29. The fraction of sp³-hybridized carbons (Fsp3) is 0.364. The lowest BCUT2D eigenvalue weighted by Gasteiger charge is -2.43. The molecule has 4 rings (SSSR count). The fourth-order valence-corrected chi connectivity index (χ4v) is 4.65. The smallest absolute Gasteiger partial charge is 0.202 e. The van der Waals surface area contributed by atoms with E-state index in [4.69, 9.17) is 17.2 Å². The van der Waals surface area contributed by atoms with E-state index in [0.717, 1.165) is 24.4 Å². The standard InChI is InChI=1S/C22H25N3S/c1-16-9-8-11-18(15-16)23-20-22(13-6-3-7-14-22)25(21(26)24-20)19-12-5-4-10-17(19)2/h4-5,8-12,15H,3,6-7,13-14H2,1-2H3,(H,23,24,26). The Morgan fingerprint density at radius 2 is 1.77 bits per heavy atom. The lowest BCUT2D eigenvalue weighted by atomic mass is 9.79. The maximum atomic E-state index is 5.75. The van der Waals surface area contributed by atoms with E-state index in [-0.39, 0.29) is 5.54 Å². The molecular weight excluding hydrogens is 338 g/mol. The molecule has 0 radical (unpaired) electrons. The molecule has 1 heterocycles. The number of amidine groups is 1. The summed E-state index contributed by atoms with van der Waals surface area (Å²) in [7, 11) is 0. The van der Waals surface area contributed by atoms with E-state index >= 15 is 0 Å². The van der Waals surface area contributed by atoms with E-state index in [1.807, 2.05) is 0 Å². The Labute approximate surface area is 161 Å². The number of aryl methyl sites for hydroxylation is 2. The molecule has 1 aliphatic carbocycles. The summed E-state index contributed by atoms with van der Waals surface area (Å²) in [5, 5.41) is 4.29. The molecule has 134 valence electrons. The summed E-state index contributed by atoms with van der Waals surface area (Å²) in [6.45, 7) is 4.27. The second-order valence-corrected chi connectivity index (χ2v) is 7.82. The molecule has 2 aromatic carbocycles. The number of thiocarbonyl (C=S) groups is 1. The van der Waals surface area contributed by atoms with Crippen LogP contribution in [0.15, 0.2) is 53.5 Å². The van der Waals surface area contributed by atoms with Gasteiger partial charge < -0.3 is 10.2 Å². The molecule has 4 heteroatoms. The number of aliphatic imine (C=N–C) groups is 1. The Hall–Kier alpha value is -2.20. The van der Waals surface area contributed by atoms with Crippen LogP contribution in [0.1, 0.15) is 43.2 Å². The van der Waals surface area contributed by atoms with Crippen LogP contribution in [0, 0.1) is 13.8 Å². The summed E-state index contributed by atoms with van der Waals surface area (Å²) in [6.07, 6.45) is 5.87. The summed E-state index contributed by atoms with van der Waals surface area (Å²) in [4.78, 5) is 7.17.